The van der Waals surface area contributed by atoms with Crippen molar-refractivity contribution in [2.24, 2.45) is 0 Å². The SMILES string of the molecule is Cc1ccc(Nc2nc(N)nc(COc3ccc(Cl)cc3C)n2)cc1. The maximum Gasteiger partial charge on any atom is 0.232 e. The Morgan fingerprint density at radius 3 is 2.52 bits per heavy atom. The summed E-state index contributed by atoms with van der Waals surface area (Å²) in [5.74, 6) is 1.67. The highest BCUT2D eigenvalue weighted by atomic mass is 35.5. The molecule has 1 heterocycles. The third-order valence-electron chi connectivity index (χ3n) is 3.50. The molecular formula is C18H18ClN5O. The highest BCUT2D eigenvalue weighted by Gasteiger charge is 2.07. The monoisotopic (exact) mass is 355 g/mol. The van der Waals surface area contributed by atoms with Crippen LogP contribution in [-0.2, 0) is 6.61 Å². The lowest BCUT2D eigenvalue weighted by molar-refractivity contribution is 0.294. The van der Waals surface area contributed by atoms with Gasteiger partial charge >= 0.3 is 0 Å². The number of hydrogen-bond acceptors (Lipinski definition) is 6. The molecule has 0 fully saturated rings. The first-order valence-electron chi connectivity index (χ1n) is 7.73. The highest BCUT2D eigenvalue weighted by Crippen LogP contribution is 2.22. The van der Waals surface area contributed by atoms with Crippen molar-refractivity contribution in [2.45, 2.75) is 20.5 Å². The van der Waals surface area contributed by atoms with Gasteiger partial charge in [0.25, 0.3) is 0 Å². The van der Waals surface area contributed by atoms with Crippen molar-refractivity contribution in [1.82, 2.24) is 15.0 Å². The fourth-order valence-electron chi connectivity index (χ4n) is 2.24. The number of anilines is 3. The Balaban J connectivity index is 1.73. The number of nitrogen functional groups attached to an aromatic ring is 1. The summed E-state index contributed by atoms with van der Waals surface area (Å²) in [4.78, 5) is 12.6. The second kappa shape index (κ2) is 7.36. The Morgan fingerprint density at radius 2 is 1.80 bits per heavy atom. The van der Waals surface area contributed by atoms with E-state index in [1.54, 1.807) is 6.07 Å². The fourth-order valence-corrected chi connectivity index (χ4v) is 2.47. The summed E-state index contributed by atoms with van der Waals surface area (Å²) in [6.07, 6.45) is 0. The normalized spacial score (nSPS) is 10.5. The Hall–Kier alpha value is -2.86. The molecule has 128 valence electrons. The van der Waals surface area contributed by atoms with E-state index in [2.05, 4.69) is 20.3 Å². The van der Waals surface area contributed by atoms with Crippen molar-refractivity contribution >= 4 is 29.2 Å². The molecule has 0 amide bonds. The molecule has 25 heavy (non-hydrogen) atoms. The van der Waals surface area contributed by atoms with Gasteiger partial charge in [0.1, 0.15) is 12.4 Å². The standard InChI is InChI=1S/C18H18ClN5O/c1-11-3-6-14(7-4-11)21-18-23-16(22-17(20)24-18)10-25-15-8-5-13(19)9-12(15)2/h3-9H,10H2,1-2H3,(H3,20,21,22,23,24). The van der Waals surface area contributed by atoms with Gasteiger partial charge < -0.3 is 15.8 Å². The summed E-state index contributed by atoms with van der Waals surface area (Å²) in [5, 5.41) is 3.78. The van der Waals surface area contributed by atoms with Crippen LogP contribution in [0.4, 0.5) is 17.6 Å². The number of rotatable bonds is 5. The van der Waals surface area contributed by atoms with Crippen LogP contribution in [0.1, 0.15) is 17.0 Å². The molecule has 0 saturated carbocycles. The average molecular weight is 356 g/mol. The third kappa shape index (κ3) is 4.58. The molecule has 0 spiro atoms. The summed E-state index contributed by atoms with van der Waals surface area (Å²) in [5.41, 5.74) is 8.76. The first-order chi connectivity index (χ1) is 12.0. The van der Waals surface area contributed by atoms with Crippen molar-refractivity contribution in [3.8, 4) is 5.75 Å². The summed E-state index contributed by atoms with van der Waals surface area (Å²) < 4.78 is 5.76. The molecule has 3 rings (SSSR count). The molecule has 0 unspecified atom stereocenters. The summed E-state index contributed by atoms with van der Waals surface area (Å²) >= 11 is 5.95. The van der Waals surface area contributed by atoms with Crippen molar-refractivity contribution < 1.29 is 4.74 Å². The maximum absolute atomic E-state index is 5.95. The summed E-state index contributed by atoms with van der Waals surface area (Å²) in [7, 11) is 0. The molecule has 0 atom stereocenters. The molecule has 3 aromatic rings. The number of aromatic nitrogens is 3. The lowest BCUT2D eigenvalue weighted by Gasteiger charge is -2.10. The van der Waals surface area contributed by atoms with Crippen LogP contribution in [0.15, 0.2) is 42.5 Å². The number of halogens is 1. The molecule has 0 aliphatic carbocycles. The minimum atomic E-state index is 0.135. The quantitative estimate of drug-likeness (QED) is 0.718. The molecule has 7 heteroatoms. The van der Waals surface area contributed by atoms with Crippen molar-refractivity contribution in [2.75, 3.05) is 11.1 Å². The van der Waals surface area contributed by atoms with Crippen LogP contribution in [0, 0.1) is 13.8 Å². The van der Waals surface area contributed by atoms with E-state index in [9.17, 15) is 0 Å². The topological polar surface area (TPSA) is 86.0 Å². The van der Waals surface area contributed by atoms with Crippen LogP contribution in [-0.4, -0.2) is 15.0 Å². The van der Waals surface area contributed by atoms with Crippen LogP contribution in [0.2, 0.25) is 5.02 Å². The Bertz CT molecular complexity index is 883. The van der Waals surface area contributed by atoms with E-state index in [1.165, 1.54) is 5.56 Å². The van der Waals surface area contributed by atoms with E-state index in [-0.39, 0.29) is 12.6 Å². The zero-order chi connectivity index (χ0) is 17.8. The van der Waals surface area contributed by atoms with E-state index < -0.39 is 0 Å². The molecule has 0 saturated heterocycles. The van der Waals surface area contributed by atoms with Gasteiger partial charge in [0.2, 0.25) is 11.9 Å². The second-order valence-corrected chi connectivity index (χ2v) is 6.06. The number of ether oxygens (including phenoxy) is 1. The van der Waals surface area contributed by atoms with Gasteiger partial charge in [-0.2, -0.15) is 15.0 Å². The van der Waals surface area contributed by atoms with Crippen LogP contribution < -0.4 is 15.8 Å². The predicted molar refractivity (Wildman–Crippen MR) is 99.2 cm³/mol. The van der Waals surface area contributed by atoms with Crippen LogP contribution >= 0.6 is 11.6 Å². The Labute approximate surface area is 151 Å². The van der Waals surface area contributed by atoms with E-state index in [1.807, 2.05) is 50.2 Å². The lowest BCUT2D eigenvalue weighted by atomic mass is 10.2. The number of benzene rings is 2. The number of nitrogens with one attached hydrogen (secondary N) is 1. The first-order valence-corrected chi connectivity index (χ1v) is 8.10. The zero-order valence-corrected chi connectivity index (χ0v) is 14.7. The third-order valence-corrected chi connectivity index (χ3v) is 3.74. The first kappa shape index (κ1) is 17.0. The van der Waals surface area contributed by atoms with Gasteiger partial charge in [0.05, 0.1) is 0 Å². The molecule has 6 nitrogen and oxygen atoms in total. The molecule has 1 aromatic heterocycles. The predicted octanol–water partition coefficient (Wildman–Crippen LogP) is 4.05. The molecule has 0 bridgehead atoms. The number of nitrogens with two attached hydrogens (primary N) is 1. The summed E-state index contributed by atoms with van der Waals surface area (Å²) in [6, 6.07) is 13.3. The number of aryl methyl sites for hydroxylation is 2. The van der Waals surface area contributed by atoms with Gasteiger partial charge in [-0.05, 0) is 49.7 Å². The second-order valence-electron chi connectivity index (χ2n) is 5.62. The van der Waals surface area contributed by atoms with Gasteiger partial charge in [-0.3, -0.25) is 0 Å². The smallest absolute Gasteiger partial charge is 0.232 e. The molecule has 3 N–H and O–H groups in total. The van der Waals surface area contributed by atoms with Gasteiger partial charge in [-0.15, -0.1) is 0 Å². The minimum absolute atomic E-state index is 0.135. The van der Waals surface area contributed by atoms with Crippen LogP contribution in [0.25, 0.3) is 0 Å². The lowest BCUT2D eigenvalue weighted by Crippen LogP contribution is -2.09. The van der Waals surface area contributed by atoms with Gasteiger partial charge in [-0.25, -0.2) is 0 Å². The molecule has 0 aliphatic rings. The number of hydrogen-bond donors (Lipinski definition) is 2. The molecule has 0 radical (unpaired) electrons. The minimum Gasteiger partial charge on any atom is -0.485 e. The van der Waals surface area contributed by atoms with Crippen molar-refractivity contribution in [3.05, 3.63) is 64.4 Å². The van der Waals surface area contributed by atoms with Crippen molar-refractivity contribution in [1.29, 1.82) is 0 Å². The zero-order valence-electron chi connectivity index (χ0n) is 14.0. The van der Waals surface area contributed by atoms with Gasteiger partial charge in [-0.1, -0.05) is 29.3 Å². The van der Waals surface area contributed by atoms with E-state index in [0.29, 0.717) is 16.8 Å². The Kier molecular flexibility index (Phi) is 5.00. The molecular weight excluding hydrogens is 338 g/mol. The van der Waals surface area contributed by atoms with Gasteiger partial charge in [0.15, 0.2) is 5.82 Å². The molecule has 2 aromatic carbocycles. The maximum atomic E-state index is 5.95. The van der Waals surface area contributed by atoms with Crippen molar-refractivity contribution in [3.63, 3.8) is 0 Å². The van der Waals surface area contributed by atoms with Gasteiger partial charge in [0, 0.05) is 10.7 Å². The Morgan fingerprint density at radius 1 is 1.04 bits per heavy atom. The van der Waals surface area contributed by atoms with Crippen LogP contribution in [0.3, 0.4) is 0 Å². The highest BCUT2D eigenvalue weighted by molar-refractivity contribution is 6.30. The largest absolute Gasteiger partial charge is 0.485 e. The summed E-state index contributed by atoms with van der Waals surface area (Å²) in [6.45, 7) is 4.13. The number of nitrogens with zero attached hydrogens (tertiary/aromatic N) is 3. The van der Waals surface area contributed by atoms with E-state index >= 15 is 0 Å². The van der Waals surface area contributed by atoms with E-state index in [4.69, 9.17) is 22.1 Å². The van der Waals surface area contributed by atoms with E-state index in [0.717, 1.165) is 17.0 Å². The molecule has 0 aliphatic heterocycles. The fraction of sp³-hybridized carbons (Fsp3) is 0.167. The average Bonchev–Trinajstić information content (AvgIpc) is 2.56. The van der Waals surface area contributed by atoms with Crippen LogP contribution in [0.5, 0.6) is 5.75 Å².